The van der Waals surface area contributed by atoms with Crippen molar-refractivity contribution in [3.63, 3.8) is 0 Å². The number of unbranched alkanes of at least 4 members (excludes halogenated alkanes) is 28. The second-order valence-electron chi connectivity index (χ2n) is 16.9. The molecule has 0 spiro atoms. The summed E-state index contributed by atoms with van der Waals surface area (Å²) in [5.41, 5.74) is 0. The number of carbonyl (C=O) groups excluding carboxylic acids is 1. The van der Waals surface area contributed by atoms with E-state index in [0.29, 0.717) is 6.42 Å². The fourth-order valence-electron chi connectivity index (χ4n) is 7.62. The Morgan fingerprint density at radius 1 is 0.579 bits per heavy atom. The van der Waals surface area contributed by atoms with Crippen LogP contribution in [0.2, 0.25) is 0 Å². The van der Waals surface area contributed by atoms with E-state index >= 15 is 0 Å². The van der Waals surface area contributed by atoms with Gasteiger partial charge >= 0.3 is 0 Å². The quantitative estimate of drug-likeness (QED) is 0.0265. The standard InChI is InChI=1S/C48H91NO8/c1-3-5-7-9-11-13-15-17-18-19-20-21-22-23-24-26-28-30-32-34-36-38-44(52)49-41(40-56-48-47(55)46(54)45(53)43(39-50)57-48)42(51)37-35-33-31-29-27-25-16-14-12-10-8-6-4-2/h17-18,35,37,41-43,45-48,50-51,53-55H,3-16,19-34,36,38-40H2,1-2H3,(H,49,52)/b18-17+,37-35+/t41-,42+,43?,45?,46?,47?,48?/m0/s1. The van der Waals surface area contributed by atoms with Crippen LogP contribution in [0.1, 0.15) is 219 Å². The number of hydrogen-bond acceptors (Lipinski definition) is 8. The molecule has 0 aromatic heterocycles. The van der Waals surface area contributed by atoms with Crippen molar-refractivity contribution in [2.45, 2.75) is 262 Å². The lowest BCUT2D eigenvalue weighted by molar-refractivity contribution is -0.302. The minimum Gasteiger partial charge on any atom is -0.394 e. The molecule has 1 aliphatic heterocycles. The molecule has 0 aliphatic carbocycles. The van der Waals surface area contributed by atoms with Gasteiger partial charge in [0.15, 0.2) is 6.29 Å². The number of aliphatic hydroxyl groups is 5. The van der Waals surface area contributed by atoms with Gasteiger partial charge in [0.1, 0.15) is 24.4 Å². The summed E-state index contributed by atoms with van der Waals surface area (Å²) in [6.07, 6.45) is 39.3. The minimum atomic E-state index is -1.56. The Labute approximate surface area is 349 Å². The van der Waals surface area contributed by atoms with Gasteiger partial charge in [0.2, 0.25) is 5.91 Å². The fraction of sp³-hybridized carbons (Fsp3) is 0.896. The van der Waals surface area contributed by atoms with Crippen molar-refractivity contribution in [1.82, 2.24) is 5.32 Å². The molecule has 1 amide bonds. The van der Waals surface area contributed by atoms with Gasteiger partial charge in [0, 0.05) is 6.42 Å². The third-order valence-electron chi connectivity index (χ3n) is 11.5. The SMILES string of the molecule is CCCCCCCC/C=C/CCCCCCCCCCCCCC(=O)N[C@@H](COC1OC(CO)C(O)C(O)C1O)[C@H](O)/C=C/CCCCCCCCCCCCC. The van der Waals surface area contributed by atoms with E-state index < -0.39 is 49.5 Å². The molecule has 1 heterocycles. The molecule has 1 rings (SSSR count). The zero-order chi connectivity index (χ0) is 41.6. The second kappa shape index (κ2) is 38.8. The minimum absolute atomic E-state index is 0.177. The fourth-order valence-corrected chi connectivity index (χ4v) is 7.62. The summed E-state index contributed by atoms with van der Waals surface area (Å²) in [5, 5.41) is 54.2. The van der Waals surface area contributed by atoms with Crippen molar-refractivity contribution >= 4 is 5.91 Å². The Morgan fingerprint density at radius 3 is 1.42 bits per heavy atom. The first-order chi connectivity index (χ1) is 27.8. The Balaban J connectivity index is 2.29. The predicted octanol–water partition coefficient (Wildman–Crippen LogP) is 10.3. The molecule has 1 saturated heterocycles. The summed E-state index contributed by atoms with van der Waals surface area (Å²) in [4.78, 5) is 13.0. The molecule has 57 heavy (non-hydrogen) atoms. The third kappa shape index (κ3) is 29.5. The van der Waals surface area contributed by atoms with Crippen LogP contribution in [-0.4, -0.2) is 87.5 Å². The van der Waals surface area contributed by atoms with Gasteiger partial charge in [0.25, 0.3) is 0 Å². The first-order valence-electron chi connectivity index (χ1n) is 24.1. The number of nitrogens with one attached hydrogen (secondary N) is 1. The van der Waals surface area contributed by atoms with Crippen LogP contribution >= 0.6 is 0 Å². The van der Waals surface area contributed by atoms with Crippen LogP contribution in [0.25, 0.3) is 0 Å². The van der Waals surface area contributed by atoms with E-state index in [1.807, 2.05) is 6.08 Å². The first kappa shape index (κ1) is 53.7. The molecule has 9 heteroatoms. The van der Waals surface area contributed by atoms with E-state index in [1.54, 1.807) is 6.08 Å². The van der Waals surface area contributed by atoms with E-state index in [9.17, 15) is 30.3 Å². The topological polar surface area (TPSA) is 149 Å². The molecule has 0 radical (unpaired) electrons. The maximum Gasteiger partial charge on any atom is 0.220 e. The highest BCUT2D eigenvalue weighted by atomic mass is 16.7. The van der Waals surface area contributed by atoms with Gasteiger partial charge in [-0.05, 0) is 44.9 Å². The normalized spacial score (nSPS) is 21.1. The molecule has 336 valence electrons. The Kier molecular flexibility index (Phi) is 36.6. The molecule has 5 unspecified atom stereocenters. The lowest BCUT2D eigenvalue weighted by Crippen LogP contribution is -2.60. The van der Waals surface area contributed by atoms with Gasteiger partial charge in [0.05, 0.1) is 25.4 Å². The van der Waals surface area contributed by atoms with Crippen LogP contribution in [0, 0.1) is 0 Å². The van der Waals surface area contributed by atoms with Gasteiger partial charge in [-0.2, -0.15) is 0 Å². The highest BCUT2D eigenvalue weighted by Crippen LogP contribution is 2.23. The summed E-state index contributed by atoms with van der Waals surface area (Å²) in [6, 6.07) is -0.801. The maximum absolute atomic E-state index is 13.0. The number of carbonyl (C=O) groups is 1. The van der Waals surface area contributed by atoms with E-state index in [4.69, 9.17) is 9.47 Å². The summed E-state index contributed by atoms with van der Waals surface area (Å²) in [6.45, 7) is 3.77. The Hall–Kier alpha value is -1.33. The molecule has 0 bridgehead atoms. The maximum atomic E-state index is 13.0. The summed E-state index contributed by atoms with van der Waals surface area (Å²) in [5.74, 6) is -0.177. The number of ether oxygens (including phenoxy) is 2. The summed E-state index contributed by atoms with van der Waals surface area (Å²) >= 11 is 0. The Bertz CT molecular complexity index is 945. The van der Waals surface area contributed by atoms with Crippen LogP contribution in [0.3, 0.4) is 0 Å². The van der Waals surface area contributed by atoms with Gasteiger partial charge in [-0.3, -0.25) is 4.79 Å². The number of allylic oxidation sites excluding steroid dienone is 3. The van der Waals surface area contributed by atoms with Gasteiger partial charge in [-0.15, -0.1) is 0 Å². The largest absolute Gasteiger partial charge is 0.394 e. The van der Waals surface area contributed by atoms with Crippen LogP contribution in [0.15, 0.2) is 24.3 Å². The van der Waals surface area contributed by atoms with Gasteiger partial charge in [-0.25, -0.2) is 0 Å². The predicted molar refractivity (Wildman–Crippen MR) is 235 cm³/mol. The zero-order valence-corrected chi connectivity index (χ0v) is 36.9. The second-order valence-corrected chi connectivity index (χ2v) is 16.9. The number of amides is 1. The lowest BCUT2D eigenvalue weighted by Gasteiger charge is -2.40. The van der Waals surface area contributed by atoms with Gasteiger partial charge < -0.3 is 40.3 Å². The molecule has 0 saturated carbocycles. The van der Waals surface area contributed by atoms with Crippen molar-refractivity contribution in [3.8, 4) is 0 Å². The van der Waals surface area contributed by atoms with E-state index in [1.165, 1.54) is 161 Å². The number of rotatable bonds is 40. The zero-order valence-electron chi connectivity index (χ0n) is 36.9. The van der Waals surface area contributed by atoms with Crippen molar-refractivity contribution < 1.29 is 39.8 Å². The molecule has 9 nitrogen and oxygen atoms in total. The van der Waals surface area contributed by atoms with Gasteiger partial charge in [-0.1, -0.05) is 192 Å². The van der Waals surface area contributed by atoms with Crippen molar-refractivity contribution in [2.75, 3.05) is 13.2 Å². The Morgan fingerprint density at radius 2 is 0.982 bits per heavy atom. The van der Waals surface area contributed by atoms with Crippen molar-refractivity contribution in [1.29, 1.82) is 0 Å². The molecular formula is C48H91NO8. The molecular weight excluding hydrogens is 719 g/mol. The molecule has 7 atom stereocenters. The molecule has 0 aromatic carbocycles. The number of aliphatic hydroxyl groups excluding tert-OH is 5. The molecule has 6 N–H and O–H groups in total. The average Bonchev–Trinajstić information content (AvgIpc) is 3.21. The molecule has 1 aliphatic rings. The summed E-state index contributed by atoms with van der Waals surface area (Å²) < 4.78 is 11.2. The van der Waals surface area contributed by atoms with E-state index in [-0.39, 0.29) is 12.5 Å². The van der Waals surface area contributed by atoms with E-state index in [0.717, 1.165) is 38.5 Å². The molecule has 0 aromatic rings. The monoisotopic (exact) mass is 810 g/mol. The smallest absolute Gasteiger partial charge is 0.220 e. The molecule has 1 fully saturated rings. The van der Waals surface area contributed by atoms with Crippen LogP contribution in [-0.2, 0) is 14.3 Å². The lowest BCUT2D eigenvalue weighted by atomic mass is 9.99. The number of hydrogen-bond donors (Lipinski definition) is 6. The van der Waals surface area contributed by atoms with Crippen LogP contribution < -0.4 is 5.32 Å². The van der Waals surface area contributed by atoms with Crippen molar-refractivity contribution in [2.24, 2.45) is 0 Å². The van der Waals surface area contributed by atoms with Crippen LogP contribution in [0.4, 0.5) is 0 Å². The average molecular weight is 810 g/mol. The highest BCUT2D eigenvalue weighted by molar-refractivity contribution is 5.76. The van der Waals surface area contributed by atoms with E-state index in [2.05, 4.69) is 31.3 Å². The van der Waals surface area contributed by atoms with Crippen molar-refractivity contribution in [3.05, 3.63) is 24.3 Å². The highest BCUT2D eigenvalue weighted by Gasteiger charge is 2.44. The third-order valence-corrected chi connectivity index (χ3v) is 11.5. The summed E-state index contributed by atoms with van der Waals surface area (Å²) in [7, 11) is 0. The van der Waals surface area contributed by atoms with Crippen LogP contribution in [0.5, 0.6) is 0 Å². The first-order valence-corrected chi connectivity index (χ1v) is 24.1.